The van der Waals surface area contributed by atoms with Gasteiger partial charge in [0.25, 0.3) is 17.7 Å². The van der Waals surface area contributed by atoms with E-state index >= 15 is 0 Å². The molecule has 0 atom stereocenters. The van der Waals surface area contributed by atoms with Crippen LogP contribution in [0.3, 0.4) is 0 Å². The first-order valence-electron chi connectivity index (χ1n) is 14.8. The zero-order chi connectivity index (χ0) is 33.4. The third-order valence-corrected chi connectivity index (χ3v) is 10.4. The van der Waals surface area contributed by atoms with E-state index in [0.29, 0.717) is 37.2 Å². The molecule has 4 N–H and O–H groups in total. The summed E-state index contributed by atoms with van der Waals surface area (Å²) in [6.07, 6.45) is -4.73. The van der Waals surface area contributed by atoms with Crippen LogP contribution in [-0.4, -0.2) is 102 Å². The monoisotopic (exact) mass is 646 g/mol. The Hall–Kier alpha value is -3.14. The third kappa shape index (κ3) is 7.73. The van der Waals surface area contributed by atoms with Gasteiger partial charge in [0.1, 0.15) is 23.7 Å². The summed E-state index contributed by atoms with van der Waals surface area (Å²) in [5.41, 5.74) is 8.97. The molecule has 12 nitrogen and oxygen atoms in total. The summed E-state index contributed by atoms with van der Waals surface area (Å²) < 4.78 is 43.9. The lowest BCUT2D eigenvalue weighted by molar-refractivity contribution is -0.143. The first kappa shape index (κ1) is 35.3. The lowest BCUT2D eigenvalue weighted by Gasteiger charge is -2.45. The highest BCUT2D eigenvalue weighted by Gasteiger charge is 2.54. The van der Waals surface area contributed by atoms with Gasteiger partial charge in [0.2, 0.25) is 0 Å². The fourth-order valence-corrected chi connectivity index (χ4v) is 6.54. The molecule has 3 aliphatic rings. The number of halogens is 3. The van der Waals surface area contributed by atoms with Gasteiger partial charge in [-0.3, -0.25) is 24.2 Å². The van der Waals surface area contributed by atoms with Gasteiger partial charge in [0.15, 0.2) is 0 Å². The number of alkyl halides is 3. The van der Waals surface area contributed by atoms with E-state index in [2.05, 4.69) is 19.6 Å². The molecule has 2 aliphatic heterocycles. The van der Waals surface area contributed by atoms with Gasteiger partial charge < -0.3 is 21.1 Å². The van der Waals surface area contributed by atoms with Gasteiger partial charge in [0.05, 0.1) is 0 Å². The molecule has 7 amide bonds. The average molecular weight is 647 g/mol. The standard InChI is InChI=1S/C28H45F3N6O6Si/c1-26(2)23(40)35(17-43-14-15-44(4,5)6)24(41)36(26)16-27(3)11-8-18(9-12-27)37-22(39)19(20(32)33)21(38)34(25(37)42)13-7-10-28(29,30)31/h18H,7-17,32-33H2,1-6H3. The molecule has 0 radical (unpaired) electrons. The Morgan fingerprint density at radius 1 is 0.955 bits per heavy atom. The number of imide groups is 3. The average Bonchev–Trinajstić information content (AvgIpc) is 3.03. The quantitative estimate of drug-likeness (QED) is 0.113. The van der Waals surface area contributed by atoms with E-state index in [1.165, 1.54) is 4.90 Å². The fraction of sp³-hybridized carbons (Fsp3) is 0.750. The Bertz CT molecular complexity index is 1210. The zero-order valence-electron chi connectivity index (χ0n) is 26.4. The van der Waals surface area contributed by atoms with Gasteiger partial charge in [-0.15, -0.1) is 0 Å². The van der Waals surface area contributed by atoms with Gasteiger partial charge in [-0.1, -0.05) is 26.6 Å². The maximum atomic E-state index is 13.4. The van der Waals surface area contributed by atoms with Crippen molar-refractivity contribution in [2.24, 2.45) is 16.9 Å². The second kappa shape index (κ2) is 12.7. The van der Waals surface area contributed by atoms with E-state index in [4.69, 9.17) is 16.2 Å². The van der Waals surface area contributed by atoms with Crippen LogP contribution in [0.4, 0.5) is 22.8 Å². The highest BCUT2D eigenvalue weighted by atomic mass is 28.3. The van der Waals surface area contributed by atoms with Crippen molar-refractivity contribution in [3.63, 3.8) is 0 Å². The van der Waals surface area contributed by atoms with Gasteiger partial charge in [-0.05, 0) is 57.4 Å². The molecule has 2 saturated heterocycles. The van der Waals surface area contributed by atoms with Crippen molar-refractivity contribution in [1.82, 2.24) is 19.6 Å². The number of hydrogen-bond acceptors (Lipinski definition) is 8. The van der Waals surface area contributed by atoms with Crippen LogP contribution < -0.4 is 11.5 Å². The Morgan fingerprint density at radius 2 is 1.55 bits per heavy atom. The van der Waals surface area contributed by atoms with Crippen LogP contribution in [0.25, 0.3) is 0 Å². The van der Waals surface area contributed by atoms with E-state index in [9.17, 15) is 37.1 Å². The largest absolute Gasteiger partial charge is 0.389 e. The molecule has 2 heterocycles. The number of urea groups is 2. The number of amides is 7. The molecular weight excluding hydrogens is 601 g/mol. The topological polar surface area (TPSA) is 160 Å². The minimum atomic E-state index is -4.48. The number of ether oxygens (including phenoxy) is 1. The molecule has 1 saturated carbocycles. The summed E-state index contributed by atoms with van der Waals surface area (Å²) in [6, 6.07) is -1.23. The summed E-state index contributed by atoms with van der Waals surface area (Å²) in [5, 5.41) is 0. The minimum Gasteiger partial charge on any atom is -0.385 e. The molecule has 3 fully saturated rings. The van der Waals surface area contributed by atoms with Crippen molar-refractivity contribution in [1.29, 1.82) is 0 Å². The number of barbiturate groups is 1. The van der Waals surface area contributed by atoms with Crippen LogP contribution in [0, 0.1) is 5.41 Å². The van der Waals surface area contributed by atoms with Gasteiger partial charge in [-0.2, -0.15) is 13.2 Å². The molecule has 0 spiro atoms. The van der Waals surface area contributed by atoms with Crippen LogP contribution in [0.15, 0.2) is 11.4 Å². The van der Waals surface area contributed by atoms with Gasteiger partial charge >= 0.3 is 18.2 Å². The SMILES string of the molecule is CC1(CN2C(=O)N(COCC[Si](C)(C)C)C(=O)C2(C)C)CCC(N2C(=O)C(=C(N)N)C(=O)N(CCCC(F)(F)F)C2=O)CC1. The molecule has 0 bridgehead atoms. The van der Waals surface area contributed by atoms with E-state index in [-0.39, 0.29) is 19.2 Å². The van der Waals surface area contributed by atoms with Gasteiger partial charge in [-0.25, -0.2) is 14.5 Å². The zero-order valence-corrected chi connectivity index (χ0v) is 27.4. The summed E-state index contributed by atoms with van der Waals surface area (Å²) in [5.74, 6) is -3.07. The molecule has 0 aromatic rings. The van der Waals surface area contributed by atoms with Crippen molar-refractivity contribution >= 4 is 37.9 Å². The fourth-order valence-electron chi connectivity index (χ4n) is 5.78. The number of carbonyl (C=O) groups excluding carboxylic acids is 5. The van der Waals surface area contributed by atoms with E-state index in [1.807, 2.05) is 6.92 Å². The number of nitrogens with zero attached hydrogens (tertiary/aromatic N) is 4. The number of carbonyl (C=O) groups is 5. The Kier molecular flexibility index (Phi) is 10.2. The Labute approximate surface area is 256 Å². The van der Waals surface area contributed by atoms with Crippen molar-refractivity contribution in [2.75, 3.05) is 26.4 Å². The molecule has 0 aromatic carbocycles. The first-order chi connectivity index (χ1) is 20.1. The molecule has 1 aliphatic carbocycles. The molecule has 0 unspecified atom stereocenters. The second-order valence-electron chi connectivity index (χ2n) is 14.0. The van der Waals surface area contributed by atoms with Crippen LogP contribution in [0.2, 0.25) is 25.7 Å². The predicted molar refractivity (Wildman–Crippen MR) is 157 cm³/mol. The highest BCUT2D eigenvalue weighted by Crippen LogP contribution is 2.42. The Balaban J connectivity index is 1.70. The lowest BCUT2D eigenvalue weighted by Crippen LogP contribution is -2.61. The lowest BCUT2D eigenvalue weighted by atomic mass is 9.72. The maximum absolute atomic E-state index is 13.4. The first-order valence-corrected chi connectivity index (χ1v) is 18.5. The minimum absolute atomic E-state index is 0.127. The summed E-state index contributed by atoms with van der Waals surface area (Å²) in [6.45, 7) is 12.0. The van der Waals surface area contributed by atoms with Crippen molar-refractivity contribution in [2.45, 2.75) is 103 Å². The second-order valence-corrected chi connectivity index (χ2v) is 19.6. The van der Waals surface area contributed by atoms with Crippen LogP contribution >= 0.6 is 0 Å². The van der Waals surface area contributed by atoms with E-state index in [1.54, 1.807) is 13.8 Å². The molecule has 3 rings (SSSR count). The third-order valence-electron chi connectivity index (χ3n) is 8.65. The molecule has 44 heavy (non-hydrogen) atoms. The predicted octanol–water partition coefficient (Wildman–Crippen LogP) is 3.55. The van der Waals surface area contributed by atoms with Crippen LogP contribution in [0.1, 0.15) is 59.3 Å². The van der Waals surface area contributed by atoms with Crippen molar-refractivity contribution in [3.05, 3.63) is 11.4 Å². The molecular formula is C28H45F3N6O6Si. The Morgan fingerprint density at radius 3 is 2.07 bits per heavy atom. The van der Waals surface area contributed by atoms with Crippen LogP contribution in [-0.2, 0) is 19.1 Å². The number of hydrogen-bond donors (Lipinski definition) is 2. The number of rotatable bonds is 11. The molecule has 0 aromatic heterocycles. The van der Waals surface area contributed by atoms with Crippen LogP contribution in [0.5, 0.6) is 0 Å². The van der Waals surface area contributed by atoms with E-state index < -0.39 is 85.9 Å². The highest BCUT2D eigenvalue weighted by molar-refractivity contribution is 6.76. The summed E-state index contributed by atoms with van der Waals surface area (Å²) in [7, 11) is -1.35. The molecule has 248 valence electrons. The normalized spacial score (nSPS) is 25.1. The number of nitrogens with two attached hydrogens (primary N) is 2. The van der Waals surface area contributed by atoms with E-state index in [0.717, 1.165) is 15.8 Å². The van der Waals surface area contributed by atoms with Gasteiger partial charge in [0, 0.05) is 40.2 Å². The summed E-state index contributed by atoms with van der Waals surface area (Å²) >= 11 is 0. The molecule has 16 heteroatoms. The van der Waals surface area contributed by atoms with Crippen molar-refractivity contribution < 1.29 is 41.9 Å². The smallest absolute Gasteiger partial charge is 0.385 e. The maximum Gasteiger partial charge on any atom is 0.389 e. The summed E-state index contributed by atoms with van der Waals surface area (Å²) in [4.78, 5) is 70.0. The van der Waals surface area contributed by atoms with Crippen molar-refractivity contribution in [3.8, 4) is 0 Å².